The second kappa shape index (κ2) is 32.6. The number of hydrogen-bond donors (Lipinski definition) is 2. The Morgan fingerprint density at radius 3 is 0.500 bits per heavy atom. The third-order valence-corrected chi connectivity index (χ3v) is 12.4. The molecule has 20 radical (unpaired) electrons. The van der Waals surface area contributed by atoms with Crippen LogP contribution < -0.4 is 0 Å². The molecule has 8 heteroatoms. The molecule has 0 aromatic carbocycles. The van der Waals surface area contributed by atoms with Gasteiger partial charge < -0.3 is 33.1 Å². The van der Waals surface area contributed by atoms with Crippen LogP contribution >= 0.6 is 0 Å². The van der Waals surface area contributed by atoms with E-state index >= 15 is 0 Å². The van der Waals surface area contributed by atoms with E-state index in [4.69, 9.17) is 33.1 Å². The smallest absolute Gasteiger partial charge is 0.763 e. The average molecular weight is 1250 g/mol. The van der Waals surface area contributed by atoms with Crippen molar-refractivity contribution in [3.8, 4) is 0 Å². The van der Waals surface area contributed by atoms with Crippen molar-refractivity contribution in [2.45, 2.75) is 152 Å². The molecule has 0 spiro atoms. The van der Waals surface area contributed by atoms with Gasteiger partial charge >= 0.3 is 79.9 Å². The van der Waals surface area contributed by atoms with E-state index in [9.17, 15) is 0 Å². The Hall–Kier alpha value is -0.0306. The van der Waals surface area contributed by atoms with E-state index in [1.165, 1.54) is 131 Å². The van der Waals surface area contributed by atoms with Crippen LogP contribution in [0, 0.1) is 209 Å². The first-order valence-corrected chi connectivity index (χ1v) is 19.8. The van der Waals surface area contributed by atoms with Crippen molar-refractivity contribution in [3.05, 3.63) is 176 Å². The monoisotopic (exact) mass is 1250 g/mol. The molecular formula is C52H74N6Th2+4. The predicted octanol–water partition coefficient (Wildman–Crippen LogP) is 15.4. The maximum absolute atomic E-state index is 8.01. The number of nitrogens with zero attached hydrogens (tertiary/aromatic N) is 2. The zero-order valence-corrected chi connectivity index (χ0v) is 49.4. The van der Waals surface area contributed by atoms with Gasteiger partial charge in [-0.3, -0.25) is 11.7 Å². The molecule has 6 nitrogen and oxygen atoms in total. The van der Waals surface area contributed by atoms with Crippen LogP contribution in [0.25, 0.3) is 22.3 Å². The molecule has 0 amide bonds. The Balaban J connectivity index is -0.000000312. The first-order chi connectivity index (χ1) is 26.5. The van der Waals surface area contributed by atoms with Crippen LogP contribution in [0.1, 0.15) is 152 Å². The quantitative estimate of drug-likeness (QED) is 0.204. The molecule has 4 aliphatic rings. The molecule has 316 valence electrons. The van der Waals surface area contributed by atoms with Gasteiger partial charge in [0, 0.05) is 11.4 Å². The second-order valence-corrected chi connectivity index (χ2v) is 15.6. The average Bonchev–Trinajstić information content (AvgIpc) is 3.59. The molecule has 4 aliphatic carbocycles. The van der Waals surface area contributed by atoms with E-state index in [1.54, 1.807) is 25.6 Å². The summed E-state index contributed by atoms with van der Waals surface area (Å²) in [4.78, 5) is 0. The second-order valence-electron chi connectivity index (χ2n) is 15.6. The van der Waals surface area contributed by atoms with Crippen LogP contribution in [0.3, 0.4) is 0 Å². The third kappa shape index (κ3) is 21.3. The molecular weight excluding hydrogens is 1170 g/mol. The van der Waals surface area contributed by atoms with Crippen molar-refractivity contribution in [2.75, 3.05) is 0 Å². The van der Waals surface area contributed by atoms with Gasteiger partial charge in [0.15, 0.2) is 0 Å². The molecule has 0 saturated heterocycles. The molecule has 0 bridgehead atoms. The molecule has 4 N–H and O–H groups in total. The van der Waals surface area contributed by atoms with Gasteiger partial charge in [-0.25, -0.2) is 0 Å². The number of hydrogen-bond acceptors (Lipinski definition) is 2. The van der Waals surface area contributed by atoms with Gasteiger partial charge in [-0.15, -0.1) is 11.4 Å². The molecule has 0 heterocycles. The summed E-state index contributed by atoms with van der Waals surface area (Å²) in [6.07, 6.45) is 4.78. The van der Waals surface area contributed by atoms with Crippen LogP contribution in [0.15, 0.2) is 35.7 Å². The first-order valence-electron chi connectivity index (χ1n) is 19.8. The molecule has 0 atom stereocenters. The van der Waals surface area contributed by atoms with Crippen LogP contribution in [0.2, 0.25) is 0 Å². The van der Waals surface area contributed by atoms with Crippen molar-refractivity contribution < 1.29 is 79.9 Å². The Morgan fingerprint density at radius 1 is 0.333 bits per heavy atom. The molecule has 4 fully saturated rings. The van der Waals surface area contributed by atoms with Crippen molar-refractivity contribution in [3.63, 3.8) is 0 Å². The van der Waals surface area contributed by atoms with Crippen molar-refractivity contribution >= 4 is 23.2 Å². The maximum Gasteiger partial charge on any atom is 4.00 e. The molecule has 0 aromatic heterocycles. The Labute approximate surface area is 437 Å². The largest absolute Gasteiger partial charge is 4.00 e. The minimum absolute atomic E-state index is 0. The van der Waals surface area contributed by atoms with E-state index in [1.807, 2.05) is 0 Å². The van der Waals surface area contributed by atoms with Crippen molar-refractivity contribution in [1.82, 2.24) is 0 Å². The summed E-state index contributed by atoms with van der Waals surface area (Å²) in [5.41, 5.74) is 14.6. The number of rotatable bonds is 4. The zero-order chi connectivity index (χ0) is 46.1. The normalized spacial score (nSPS) is 22.0. The number of nitrogens with one attached hydrogen (secondary N) is 4. The summed E-state index contributed by atoms with van der Waals surface area (Å²) in [6.45, 7) is 47.1. The van der Waals surface area contributed by atoms with Gasteiger partial charge in [-0.2, -0.15) is 0 Å². The Kier molecular flexibility index (Phi) is 36.2. The zero-order valence-electron chi connectivity index (χ0n) is 41.2. The SMILES string of the molecule is CC(=N)/C=C(\[NH-])C=C=[N-].CC(=N)/C=C(\[NH-])C=C=[N-].C[C]1[C](C)[C](C)[C](C)[C]1C.C[C]1[C](C)[C](C)[C](C)[C]1C.C[C]1[C](C)[C](C)[C](C)[C]1C.C[C]1[C](C)[C](C)[C](C)[C]1C.[Th+4].[Th+4]. The van der Waals surface area contributed by atoms with Crippen LogP contribution in [0.5, 0.6) is 0 Å². The van der Waals surface area contributed by atoms with Gasteiger partial charge in [0.25, 0.3) is 0 Å². The van der Waals surface area contributed by atoms with Gasteiger partial charge in [0.2, 0.25) is 0 Å². The minimum Gasteiger partial charge on any atom is -0.763 e. The molecule has 0 aromatic rings. The van der Waals surface area contributed by atoms with Crippen LogP contribution in [0.4, 0.5) is 0 Å². The van der Waals surface area contributed by atoms with E-state index in [-0.39, 0.29) is 103 Å². The van der Waals surface area contributed by atoms with E-state index in [0.29, 0.717) is 0 Å². The fourth-order valence-electron chi connectivity index (χ4n) is 6.31. The molecule has 4 rings (SSSR count). The van der Waals surface area contributed by atoms with E-state index in [2.05, 4.69) is 138 Å². The summed E-state index contributed by atoms with van der Waals surface area (Å²) in [7, 11) is 0. The fourth-order valence-corrected chi connectivity index (χ4v) is 6.31. The van der Waals surface area contributed by atoms with Crippen LogP contribution in [-0.4, -0.2) is 23.2 Å². The Morgan fingerprint density at radius 2 is 0.433 bits per heavy atom. The Bertz CT molecular complexity index is 1050. The fraction of sp³-hybridized carbons (Fsp3) is 0.423. The molecule has 0 aliphatic heterocycles. The maximum atomic E-state index is 8.01. The third-order valence-electron chi connectivity index (χ3n) is 12.4. The molecule has 60 heavy (non-hydrogen) atoms. The van der Waals surface area contributed by atoms with Gasteiger partial charge in [-0.1, -0.05) is 163 Å². The predicted molar refractivity (Wildman–Crippen MR) is 256 cm³/mol. The summed E-state index contributed by atoms with van der Waals surface area (Å²) in [5.74, 6) is 32.7. The molecule has 0 unspecified atom stereocenters. The van der Waals surface area contributed by atoms with Gasteiger partial charge in [-0.05, 0) is 132 Å². The standard InChI is InChI=1S/4C10H15.2C6H7N3.2Th/c4*1-6-7(2)9(4)10(5)8(6)3;2*1-5(8)4-6(9)2-3-7;;/h4*1-5H3;2*2,4,8-9H,1H3;;/q;;;;2*-2;2*+4/b;;;;2*6-4-,8-5?;;. The van der Waals surface area contributed by atoms with Crippen molar-refractivity contribution in [1.29, 1.82) is 10.8 Å². The summed E-state index contributed by atoms with van der Waals surface area (Å²) >= 11 is 0. The summed E-state index contributed by atoms with van der Waals surface area (Å²) in [5, 5.41) is 29.8. The van der Waals surface area contributed by atoms with E-state index in [0.717, 1.165) is 12.2 Å². The van der Waals surface area contributed by atoms with Crippen molar-refractivity contribution in [2.24, 2.45) is 0 Å². The topological polar surface area (TPSA) is 140 Å². The number of allylic oxidation sites excluding steroid dienone is 4. The van der Waals surface area contributed by atoms with E-state index < -0.39 is 0 Å². The minimum atomic E-state index is 0. The molecule has 4 saturated carbocycles. The summed E-state index contributed by atoms with van der Waals surface area (Å²) < 4.78 is 0. The van der Waals surface area contributed by atoms with Gasteiger partial charge in [0.1, 0.15) is 0 Å². The first kappa shape index (κ1) is 66.6. The van der Waals surface area contributed by atoms with Crippen LogP contribution in [-0.2, 0) is 0 Å². The summed E-state index contributed by atoms with van der Waals surface area (Å²) in [6, 6.07) is 0. The van der Waals surface area contributed by atoms with Gasteiger partial charge in [0.05, 0.1) is 0 Å².